The van der Waals surface area contributed by atoms with Crippen LogP contribution in [0.1, 0.15) is 51.4 Å². The van der Waals surface area contributed by atoms with Gasteiger partial charge in [0.25, 0.3) is 35.5 Å². The predicted octanol–water partition coefficient (Wildman–Crippen LogP) is 0.856. The maximum absolute atomic E-state index is 11.3. The van der Waals surface area contributed by atoms with E-state index in [0.29, 0.717) is 38.2 Å². The van der Waals surface area contributed by atoms with Crippen LogP contribution in [-0.2, 0) is 35.5 Å². The first-order valence-electron chi connectivity index (χ1n) is 7.56. The Morgan fingerprint density at radius 1 is 0.417 bits per heavy atom. The average Bonchev–Trinajstić information content (AvgIpc) is 2.38. The van der Waals surface area contributed by atoms with Gasteiger partial charge in [-0.05, 0) is 12.8 Å². The molecule has 146 valence electrons. The second kappa shape index (κ2) is 9.48. The highest BCUT2D eigenvalue weighted by Crippen LogP contribution is 2.12. The van der Waals surface area contributed by atoms with Crippen LogP contribution < -0.4 is 0 Å². The van der Waals surface area contributed by atoms with Crippen LogP contribution in [0.25, 0.3) is 0 Å². The molecular weight excluding hydrogens is 400 g/mol. The van der Waals surface area contributed by atoms with Crippen molar-refractivity contribution in [3.63, 3.8) is 0 Å². The summed E-state index contributed by atoms with van der Waals surface area (Å²) < 4.78 is 89.3. The third kappa shape index (κ3) is 8.77. The molecule has 0 spiro atoms. The van der Waals surface area contributed by atoms with Crippen molar-refractivity contribution in [2.75, 3.05) is 24.0 Å². The molecule has 0 radical (unpaired) electrons. The van der Waals surface area contributed by atoms with Gasteiger partial charge in [-0.3, -0.25) is 0 Å². The van der Waals surface area contributed by atoms with Gasteiger partial charge in [0.1, 0.15) is 0 Å². The van der Waals surface area contributed by atoms with Gasteiger partial charge in [-0.15, -0.1) is 0 Å². The minimum absolute atomic E-state index is 0.294. The standard InChI is InChI=1S/C12H26O8S4/c1-21(13,14)23(17,18)11-9-7-5-3-4-6-8-10-12-24(19,20)22(2,15)16/h3-12H2,1-2H3. The van der Waals surface area contributed by atoms with Gasteiger partial charge in [-0.1, -0.05) is 38.5 Å². The van der Waals surface area contributed by atoms with Crippen molar-refractivity contribution in [3.05, 3.63) is 0 Å². The summed E-state index contributed by atoms with van der Waals surface area (Å²) in [5.41, 5.74) is 0. The first kappa shape index (κ1) is 23.8. The molecule has 0 saturated carbocycles. The highest BCUT2D eigenvalue weighted by Gasteiger charge is 2.23. The molecule has 0 saturated heterocycles. The molecule has 0 heterocycles. The average molecular weight is 427 g/mol. The largest absolute Gasteiger partial charge is 0.253 e. The molecule has 0 aliphatic rings. The van der Waals surface area contributed by atoms with Gasteiger partial charge in [0.15, 0.2) is 0 Å². The lowest BCUT2D eigenvalue weighted by molar-refractivity contribution is 0.566. The summed E-state index contributed by atoms with van der Waals surface area (Å²) in [6.07, 6.45) is 6.37. The topological polar surface area (TPSA) is 137 Å². The smallest absolute Gasteiger partial charge is 0.213 e. The zero-order valence-electron chi connectivity index (χ0n) is 14.0. The highest BCUT2D eigenvalue weighted by molar-refractivity contribution is 8.67. The van der Waals surface area contributed by atoms with Crippen molar-refractivity contribution < 1.29 is 33.7 Å². The fraction of sp³-hybridized carbons (Fsp3) is 1.00. The van der Waals surface area contributed by atoms with Crippen LogP contribution in [0.3, 0.4) is 0 Å². The first-order valence-corrected chi connectivity index (χ1v) is 15.7. The molecule has 0 bridgehead atoms. The van der Waals surface area contributed by atoms with Crippen LogP contribution in [0.4, 0.5) is 0 Å². The number of hydrogen-bond acceptors (Lipinski definition) is 8. The van der Waals surface area contributed by atoms with Crippen molar-refractivity contribution in [3.8, 4) is 0 Å². The highest BCUT2D eigenvalue weighted by atomic mass is 33.2. The Kier molecular flexibility index (Phi) is 9.41. The quantitative estimate of drug-likeness (QED) is 0.312. The van der Waals surface area contributed by atoms with Crippen LogP contribution in [-0.4, -0.2) is 57.7 Å². The molecule has 0 N–H and O–H groups in total. The molecule has 0 aromatic carbocycles. The van der Waals surface area contributed by atoms with Gasteiger partial charge in [-0.2, -0.15) is 0 Å². The molecule has 0 rings (SSSR count). The van der Waals surface area contributed by atoms with E-state index in [1.165, 1.54) is 0 Å². The molecule has 12 heteroatoms. The van der Waals surface area contributed by atoms with Gasteiger partial charge in [-0.25, -0.2) is 33.7 Å². The Balaban J connectivity index is 3.74. The second-order valence-electron chi connectivity index (χ2n) is 5.76. The summed E-state index contributed by atoms with van der Waals surface area (Å²) in [6, 6.07) is 0. The van der Waals surface area contributed by atoms with Gasteiger partial charge in [0.05, 0.1) is 24.0 Å². The van der Waals surface area contributed by atoms with Crippen LogP contribution in [0.2, 0.25) is 0 Å². The zero-order chi connectivity index (χ0) is 19.1. The van der Waals surface area contributed by atoms with Crippen molar-refractivity contribution in [2.45, 2.75) is 51.4 Å². The summed E-state index contributed by atoms with van der Waals surface area (Å²) in [6.45, 7) is 0. The Hall–Kier alpha value is -0.200. The van der Waals surface area contributed by atoms with E-state index >= 15 is 0 Å². The molecule has 24 heavy (non-hydrogen) atoms. The number of hydrogen-bond donors (Lipinski definition) is 0. The third-order valence-electron chi connectivity index (χ3n) is 3.46. The van der Waals surface area contributed by atoms with Crippen LogP contribution in [0.5, 0.6) is 0 Å². The molecule has 0 atom stereocenters. The van der Waals surface area contributed by atoms with Crippen LogP contribution in [0.15, 0.2) is 0 Å². The normalized spacial score (nSPS) is 13.9. The van der Waals surface area contributed by atoms with Gasteiger partial charge >= 0.3 is 0 Å². The zero-order valence-corrected chi connectivity index (χ0v) is 17.2. The number of unbranched alkanes of at least 4 members (excludes halogenated alkanes) is 7. The molecule has 0 amide bonds. The Labute approximate surface area is 144 Å². The monoisotopic (exact) mass is 426 g/mol. The van der Waals surface area contributed by atoms with E-state index in [1.54, 1.807) is 0 Å². The fourth-order valence-corrected chi connectivity index (χ4v) is 6.17. The minimum Gasteiger partial charge on any atom is -0.213 e. The summed E-state index contributed by atoms with van der Waals surface area (Å²) in [7, 11) is -16.2. The SMILES string of the molecule is CS(=O)(=O)S(=O)(=O)CCCCCCCCCCS(=O)(=O)S(C)(=O)=O. The van der Waals surface area contributed by atoms with E-state index < -0.39 is 35.5 Å². The molecule has 8 nitrogen and oxygen atoms in total. The molecule has 0 aliphatic carbocycles. The van der Waals surface area contributed by atoms with E-state index in [1.807, 2.05) is 0 Å². The van der Waals surface area contributed by atoms with Gasteiger partial charge in [0, 0.05) is 0 Å². The summed E-state index contributed by atoms with van der Waals surface area (Å²) in [5, 5.41) is 0. The summed E-state index contributed by atoms with van der Waals surface area (Å²) in [4.78, 5) is 0. The van der Waals surface area contributed by atoms with E-state index in [2.05, 4.69) is 0 Å². The van der Waals surface area contributed by atoms with E-state index in [9.17, 15) is 33.7 Å². The van der Waals surface area contributed by atoms with Crippen LogP contribution >= 0.6 is 0 Å². The summed E-state index contributed by atoms with van der Waals surface area (Å²) in [5.74, 6) is -0.732. The third-order valence-corrected chi connectivity index (χ3v) is 13.4. The first-order chi connectivity index (χ1) is 10.7. The van der Waals surface area contributed by atoms with Crippen LogP contribution in [0, 0.1) is 0 Å². The van der Waals surface area contributed by atoms with E-state index in [4.69, 9.17) is 0 Å². The van der Waals surface area contributed by atoms with E-state index in [0.717, 1.165) is 25.7 Å². The van der Waals surface area contributed by atoms with Crippen molar-refractivity contribution in [1.29, 1.82) is 0 Å². The Morgan fingerprint density at radius 3 is 0.833 bits per heavy atom. The Bertz CT molecular complexity index is 719. The molecule has 0 aliphatic heterocycles. The fourth-order valence-electron chi connectivity index (χ4n) is 1.92. The second-order valence-corrected chi connectivity index (χ2v) is 18.3. The molecular formula is C12H26O8S4. The van der Waals surface area contributed by atoms with Crippen molar-refractivity contribution in [2.24, 2.45) is 0 Å². The lowest BCUT2D eigenvalue weighted by Gasteiger charge is -2.04. The molecule has 0 fully saturated rings. The Morgan fingerprint density at radius 2 is 0.625 bits per heavy atom. The maximum atomic E-state index is 11.3. The lowest BCUT2D eigenvalue weighted by atomic mass is 10.1. The van der Waals surface area contributed by atoms with Crippen molar-refractivity contribution >= 4 is 35.5 Å². The number of rotatable bonds is 13. The minimum atomic E-state index is -4.06. The van der Waals surface area contributed by atoms with Gasteiger partial charge in [0.2, 0.25) is 0 Å². The molecule has 0 aromatic rings. The molecule has 0 unspecified atom stereocenters. The van der Waals surface area contributed by atoms with Gasteiger partial charge < -0.3 is 0 Å². The predicted molar refractivity (Wildman–Crippen MR) is 94.2 cm³/mol. The lowest BCUT2D eigenvalue weighted by Crippen LogP contribution is -2.17. The maximum Gasteiger partial charge on any atom is 0.253 e. The summed E-state index contributed by atoms with van der Waals surface area (Å²) >= 11 is 0. The van der Waals surface area contributed by atoms with Crippen molar-refractivity contribution in [1.82, 2.24) is 0 Å². The van der Waals surface area contributed by atoms with E-state index in [-0.39, 0.29) is 11.5 Å². The molecule has 0 aromatic heterocycles.